The first kappa shape index (κ1) is 9.26. The molecule has 54 valence electrons. The molecular weight excluding hydrogens is 244 g/mol. The van der Waals surface area contributed by atoms with Crippen molar-refractivity contribution in [1.29, 1.82) is 0 Å². The zero-order valence-corrected chi connectivity index (χ0v) is 6.74. The molecule has 0 nitrogen and oxygen atoms in total. The average Bonchev–Trinajstić information content (AvgIpc) is 1.65. The summed E-state index contributed by atoms with van der Waals surface area (Å²) in [5.74, 6) is -1.35. The molecule has 0 aromatic rings. The lowest BCUT2D eigenvalue weighted by Gasteiger charge is -2.12. The zero-order chi connectivity index (χ0) is 7.49. The van der Waals surface area contributed by atoms with Crippen molar-refractivity contribution < 1.29 is 13.2 Å². The molecule has 9 heavy (non-hydrogen) atoms. The number of halogens is 4. The lowest BCUT2D eigenvalue weighted by molar-refractivity contribution is -0.154. The first-order valence-corrected chi connectivity index (χ1v) is 3.80. The Bertz CT molecular complexity index is 96.9. The molecule has 0 saturated heterocycles. The summed E-state index contributed by atoms with van der Waals surface area (Å²) < 4.78 is 35.0. The summed E-state index contributed by atoms with van der Waals surface area (Å²) in [6, 6.07) is 0. The van der Waals surface area contributed by atoms with Crippen LogP contribution < -0.4 is 0 Å². The van der Waals surface area contributed by atoms with Crippen LogP contribution in [0.15, 0.2) is 12.7 Å². The highest BCUT2D eigenvalue weighted by molar-refractivity contribution is 14.1. The van der Waals surface area contributed by atoms with Crippen LogP contribution in [0.3, 0.4) is 0 Å². The van der Waals surface area contributed by atoms with E-state index in [1.807, 2.05) is 0 Å². The second kappa shape index (κ2) is 3.43. The number of alkyl halides is 4. The van der Waals surface area contributed by atoms with Crippen molar-refractivity contribution in [2.45, 2.75) is 6.18 Å². The van der Waals surface area contributed by atoms with Crippen LogP contribution >= 0.6 is 22.6 Å². The molecule has 0 aliphatic carbocycles. The molecule has 0 N–H and O–H groups in total. The molecule has 0 fully saturated rings. The quantitative estimate of drug-likeness (QED) is 0.401. The van der Waals surface area contributed by atoms with E-state index in [0.29, 0.717) is 0 Å². The number of hydrogen-bond acceptors (Lipinski definition) is 0. The van der Waals surface area contributed by atoms with Gasteiger partial charge in [0.1, 0.15) is 0 Å². The van der Waals surface area contributed by atoms with Crippen LogP contribution in [0.2, 0.25) is 0 Å². The molecule has 1 atom stereocenters. The summed E-state index contributed by atoms with van der Waals surface area (Å²) in [6.45, 7) is 3.07. The molecule has 0 spiro atoms. The molecule has 0 aromatic heterocycles. The smallest absolute Gasteiger partial charge is 0.170 e. The van der Waals surface area contributed by atoms with Crippen LogP contribution in [0, 0.1) is 5.92 Å². The van der Waals surface area contributed by atoms with E-state index >= 15 is 0 Å². The second-order valence-corrected chi connectivity index (χ2v) is 2.42. The van der Waals surface area contributed by atoms with E-state index in [2.05, 4.69) is 6.58 Å². The van der Waals surface area contributed by atoms with Gasteiger partial charge in [0, 0.05) is 4.43 Å². The predicted molar refractivity (Wildman–Crippen MR) is 38.6 cm³/mol. The van der Waals surface area contributed by atoms with Crippen LogP contribution in [0.5, 0.6) is 0 Å². The maximum atomic E-state index is 11.6. The van der Waals surface area contributed by atoms with E-state index in [4.69, 9.17) is 0 Å². The van der Waals surface area contributed by atoms with Crippen molar-refractivity contribution in [1.82, 2.24) is 0 Å². The molecular formula is C5H6F3I. The monoisotopic (exact) mass is 250 g/mol. The lowest BCUT2D eigenvalue weighted by Crippen LogP contribution is -2.21. The third-order valence-corrected chi connectivity index (χ3v) is 1.82. The van der Waals surface area contributed by atoms with Gasteiger partial charge >= 0.3 is 6.18 Å². The van der Waals surface area contributed by atoms with E-state index in [0.717, 1.165) is 6.08 Å². The van der Waals surface area contributed by atoms with Gasteiger partial charge in [-0.25, -0.2) is 0 Å². The van der Waals surface area contributed by atoms with Crippen LogP contribution in [0.1, 0.15) is 0 Å². The number of rotatable bonds is 2. The molecule has 0 radical (unpaired) electrons. The van der Waals surface area contributed by atoms with E-state index in [9.17, 15) is 13.2 Å². The maximum absolute atomic E-state index is 11.6. The summed E-state index contributed by atoms with van der Waals surface area (Å²) in [6.07, 6.45) is -3.19. The minimum Gasteiger partial charge on any atom is -0.170 e. The van der Waals surface area contributed by atoms with Gasteiger partial charge in [-0.3, -0.25) is 0 Å². The fourth-order valence-corrected chi connectivity index (χ4v) is 1.14. The van der Waals surface area contributed by atoms with Gasteiger partial charge in [-0.05, 0) is 0 Å². The van der Waals surface area contributed by atoms with Crippen molar-refractivity contribution in [2.24, 2.45) is 5.92 Å². The Morgan fingerprint density at radius 3 is 2.00 bits per heavy atom. The second-order valence-electron chi connectivity index (χ2n) is 1.54. The largest absolute Gasteiger partial charge is 0.395 e. The highest BCUT2D eigenvalue weighted by Gasteiger charge is 2.36. The number of allylic oxidation sites excluding steroid dienone is 1. The Morgan fingerprint density at radius 1 is 1.56 bits per heavy atom. The Balaban J connectivity index is 3.94. The van der Waals surface area contributed by atoms with Gasteiger partial charge in [0.2, 0.25) is 0 Å². The maximum Gasteiger partial charge on any atom is 0.395 e. The van der Waals surface area contributed by atoms with Crippen LogP contribution in [0.4, 0.5) is 13.2 Å². The molecule has 0 rings (SSSR count). The van der Waals surface area contributed by atoms with E-state index in [-0.39, 0.29) is 4.43 Å². The summed E-state index contributed by atoms with van der Waals surface area (Å²) >= 11 is 1.68. The number of hydrogen-bond donors (Lipinski definition) is 0. The van der Waals surface area contributed by atoms with Crippen molar-refractivity contribution in [3.8, 4) is 0 Å². The topological polar surface area (TPSA) is 0 Å². The molecule has 4 heteroatoms. The van der Waals surface area contributed by atoms with Gasteiger partial charge in [-0.15, -0.1) is 6.58 Å². The van der Waals surface area contributed by atoms with Crippen molar-refractivity contribution in [3.05, 3.63) is 12.7 Å². The van der Waals surface area contributed by atoms with Gasteiger partial charge in [-0.1, -0.05) is 28.7 Å². The van der Waals surface area contributed by atoms with Crippen LogP contribution in [0.25, 0.3) is 0 Å². The predicted octanol–water partition coefficient (Wildman–Crippen LogP) is 2.79. The van der Waals surface area contributed by atoms with Gasteiger partial charge in [-0.2, -0.15) is 13.2 Å². The summed E-state index contributed by atoms with van der Waals surface area (Å²) in [5, 5.41) is 0. The third kappa shape index (κ3) is 3.07. The zero-order valence-electron chi connectivity index (χ0n) is 4.58. The molecule has 0 heterocycles. The van der Waals surface area contributed by atoms with Gasteiger partial charge in [0.05, 0.1) is 5.92 Å². The highest BCUT2D eigenvalue weighted by atomic mass is 127. The fraction of sp³-hybridized carbons (Fsp3) is 0.600. The Hall–Kier alpha value is 0.260. The Kier molecular flexibility index (Phi) is 3.53. The minimum atomic E-state index is -4.11. The van der Waals surface area contributed by atoms with Gasteiger partial charge in [0.25, 0.3) is 0 Å². The molecule has 0 aliphatic heterocycles. The van der Waals surface area contributed by atoms with E-state index in [1.54, 1.807) is 22.6 Å². The van der Waals surface area contributed by atoms with Gasteiger partial charge in [0.15, 0.2) is 0 Å². The third-order valence-electron chi connectivity index (χ3n) is 0.871. The Labute approximate surface area is 65.3 Å². The summed E-state index contributed by atoms with van der Waals surface area (Å²) in [4.78, 5) is 0. The lowest BCUT2D eigenvalue weighted by atomic mass is 10.2. The van der Waals surface area contributed by atoms with Crippen molar-refractivity contribution >= 4 is 22.6 Å². The van der Waals surface area contributed by atoms with Gasteiger partial charge < -0.3 is 0 Å². The van der Waals surface area contributed by atoms with Crippen molar-refractivity contribution in [3.63, 3.8) is 0 Å². The SMILES string of the molecule is C=C[C@@H](CI)C(F)(F)F. The minimum absolute atomic E-state index is 0.0464. The Morgan fingerprint density at radius 2 is 2.00 bits per heavy atom. The normalized spacial score (nSPS) is 15.1. The average molecular weight is 250 g/mol. The molecule has 0 unspecified atom stereocenters. The molecule has 0 saturated carbocycles. The molecule has 0 aromatic carbocycles. The van der Waals surface area contributed by atoms with E-state index < -0.39 is 12.1 Å². The van der Waals surface area contributed by atoms with E-state index in [1.165, 1.54) is 0 Å². The standard InChI is InChI=1S/C5H6F3I/c1-2-4(3-9)5(6,7)8/h2,4H,1,3H2/t4-/m0/s1. The first-order chi connectivity index (χ1) is 4.02. The molecule has 0 aliphatic rings. The fourth-order valence-electron chi connectivity index (χ4n) is 0.284. The van der Waals surface area contributed by atoms with Crippen LogP contribution in [-0.2, 0) is 0 Å². The summed E-state index contributed by atoms with van der Waals surface area (Å²) in [5.41, 5.74) is 0. The summed E-state index contributed by atoms with van der Waals surface area (Å²) in [7, 11) is 0. The highest BCUT2D eigenvalue weighted by Crippen LogP contribution is 2.28. The van der Waals surface area contributed by atoms with Crippen molar-refractivity contribution in [2.75, 3.05) is 4.43 Å². The molecule has 0 bridgehead atoms. The van der Waals surface area contributed by atoms with Crippen LogP contribution in [-0.4, -0.2) is 10.6 Å². The first-order valence-electron chi connectivity index (χ1n) is 2.27. The molecule has 0 amide bonds.